The molecule has 5 heteroatoms. The zero-order valence-corrected chi connectivity index (χ0v) is 13.0. The van der Waals surface area contributed by atoms with Crippen LogP contribution in [-0.2, 0) is 30.6 Å². The summed E-state index contributed by atoms with van der Waals surface area (Å²) in [4.78, 5) is 13.2. The van der Waals surface area contributed by atoms with E-state index in [4.69, 9.17) is 9.47 Å². The van der Waals surface area contributed by atoms with Crippen LogP contribution in [0.15, 0.2) is 23.6 Å². The highest BCUT2D eigenvalue weighted by Gasteiger charge is 2.26. The fourth-order valence-corrected chi connectivity index (χ4v) is 3.80. The molecule has 0 aliphatic carbocycles. The van der Waals surface area contributed by atoms with Crippen molar-refractivity contribution in [1.82, 2.24) is 5.32 Å². The zero-order chi connectivity index (χ0) is 14.9. The van der Waals surface area contributed by atoms with Gasteiger partial charge >= 0.3 is 0 Å². The molecule has 2 aliphatic heterocycles. The molecule has 0 atom stereocenters. The minimum absolute atomic E-state index is 0.0470. The highest BCUT2D eigenvalue weighted by molar-refractivity contribution is 7.10. The molecule has 0 saturated heterocycles. The smallest absolute Gasteiger partial charge is 0.225 e. The molecular formula is C17H17NO3S. The fraction of sp³-hybridized carbons (Fsp3) is 0.353. The first-order chi connectivity index (χ1) is 10.8. The molecule has 3 heterocycles. The predicted molar refractivity (Wildman–Crippen MR) is 84.7 cm³/mol. The Balaban J connectivity index is 1.52. The molecule has 1 aromatic heterocycles. The van der Waals surface area contributed by atoms with E-state index in [0.29, 0.717) is 26.2 Å². The number of carbonyl (C=O) groups excluding carboxylic acids is 1. The lowest BCUT2D eigenvalue weighted by Gasteiger charge is -2.13. The van der Waals surface area contributed by atoms with Gasteiger partial charge in [0.15, 0.2) is 0 Å². The van der Waals surface area contributed by atoms with Gasteiger partial charge in [-0.25, -0.2) is 0 Å². The van der Waals surface area contributed by atoms with Crippen molar-refractivity contribution < 1.29 is 14.3 Å². The Morgan fingerprint density at radius 2 is 2.18 bits per heavy atom. The lowest BCUT2D eigenvalue weighted by atomic mass is 9.99. The van der Waals surface area contributed by atoms with Gasteiger partial charge < -0.3 is 14.8 Å². The van der Waals surface area contributed by atoms with E-state index in [9.17, 15) is 4.79 Å². The molecule has 22 heavy (non-hydrogen) atoms. The number of benzene rings is 1. The summed E-state index contributed by atoms with van der Waals surface area (Å²) < 4.78 is 11.5. The maximum Gasteiger partial charge on any atom is 0.225 e. The number of ether oxygens (including phenoxy) is 2. The van der Waals surface area contributed by atoms with Crippen LogP contribution in [-0.4, -0.2) is 19.1 Å². The van der Waals surface area contributed by atoms with Crippen molar-refractivity contribution >= 4 is 17.2 Å². The molecule has 0 fully saturated rings. The van der Waals surface area contributed by atoms with E-state index in [0.717, 1.165) is 34.8 Å². The van der Waals surface area contributed by atoms with E-state index in [1.807, 2.05) is 17.5 Å². The number of nitrogens with one attached hydrogen (secondary N) is 1. The Hall–Kier alpha value is -2.01. The number of amides is 1. The van der Waals surface area contributed by atoms with E-state index < -0.39 is 0 Å². The lowest BCUT2D eigenvalue weighted by molar-refractivity contribution is -0.120. The first kappa shape index (κ1) is 13.6. The van der Waals surface area contributed by atoms with Gasteiger partial charge in [-0.1, -0.05) is 6.07 Å². The Morgan fingerprint density at radius 1 is 1.27 bits per heavy atom. The summed E-state index contributed by atoms with van der Waals surface area (Å²) in [5, 5.41) is 5.02. The van der Waals surface area contributed by atoms with Crippen molar-refractivity contribution in [3.05, 3.63) is 45.1 Å². The molecular weight excluding hydrogens is 298 g/mol. The molecule has 0 bridgehead atoms. The molecule has 2 aliphatic rings. The van der Waals surface area contributed by atoms with Crippen LogP contribution in [0.4, 0.5) is 0 Å². The van der Waals surface area contributed by atoms with Crippen LogP contribution < -0.4 is 14.8 Å². The minimum atomic E-state index is 0.0470. The molecule has 0 saturated carbocycles. The van der Waals surface area contributed by atoms with Gasteiger partial charge in [-0.3, -0.25) is 4.79 Å². The van der Waals surface area contributed by atoms with Crippen molar-refractivity contribution in [3.63, 3.8) is 0 Å². The monoisotopic (exact) mass is 315 g/mol. The predicted octanol–water partition coefficient (Wildman–Crippen LogP) is 2.48. The van der Waals surface area contributed by atoms with Crippen LogP contribution in [0.3, 0.4) is 0 Å². The standard InChI is InChI=1S/C17H17NO3S/c19-16(9-12-2-1-7-22-12)18-10-14-13-4-6-20-15(13)8-11-3-5-21-17(11)14/h1-2,7-8H,3-6,9-10H2,(H,18,19). The summed E-state index contributed by atoms with van der Waals surface area (Å²) >= 11 is 1.61. The summed E-state index contributed by atoms with van der Waals surface area (Å²) in [6.07, 6.45) is 2.25. The second-order valence-electron chi connectivity index (χ2n) is 5.55. The minimum Gasteiger partial charge on any atom is -0.493 e. The first-order valence-corrected chi connectivity index (χ1v) is 8.41. The van der Waals surface area contributed by atoms with Gasteiger partial charge in [0.05, 0.1) is 19.6 Å². The molecule has 1 aromatic carbocycles. The van der Waals surface area contributed by atoms with Crippen LogP contribution in [0.1, 0.15) is 21.6 Å². The zero-order valence-electron chi connectivity index (χ0n) is 12.2. The summed E-state index contributed by atoms with van der Waals surface area (Å²) in [6, 6.07) is 6.05. The summed E-state index contributed by atoms with van der Waals surface area (Å²) in [6.45, 7) is 1.95. The normalized spacial score (nSPS) is 14.9. The van der Waals surface area contributed by atoms with E-state index in [1.165, 1.54) is 11.1 Å². The van der Waals surface area contributed by atoms with Crippen molar-refractivity contribution in [2.45, 2.75) is 25.8 Å². The van der Waals surface area contributed by atoms with Crippen molar-refractivity contribution in [2.24, 2.45) is 0 Å². The third-order valence-electron chi connectivity index (χ3n) is 4.14. The van der Waals surface area contributed by atoms with Gasteiger partial charge in [0.25, 0.3) is 0 Å². The third-order valence-corrected chi connectivity index (χ3v) is 5.01. The molecule has 114 valence electrons. The quantitative estimate of drug-likeness (QED) is 0.943. The second kappa shape index (κ2) is 5.65. The molecule has 0 spiro atoms. The van der Waals surface area contributed by atoms with E-state index in [-0.39, 0.29) is 5.91 Å². The highest BCUT2D eigenvalue weighted by atomic mass is 32.1. The van der Waals surface area contributed by atoms with Crippen LogP contribution in [0.5, 0.6) is 11.5 Å². The Labute approximate surface area is 133 Å². The van der Waals surface area contributed by atoms with Crippen LogP contribution in [0, 0.1) is 0 Å². The molecule has 4 nitrogen and oxygen atoms in total. The molecule has 0 unspecified atom stereocenters. The van der Waals surface area contributed by atoms with E-state index in [1.54, 1.807) is 11.3 Å². The summed E-state index contributed by atoms with van der Waals surface area (Å²) in [5.41, 5.74) is 3.49. The largest absolute Gasteiger partial charge is 0.493 e. The van der Waals surface area contributed by atoms with Gasteiger partial charge in [0.2, 0.25) is 5.91 Å². The Kier molecular flexibility index (Phi) is 3.50. The topological polar surface area (TPSA) is 47.6 Å². The van der Waals surface area contributed by atoms with Crippen molar-refractivity contribution in [3.8, 4) is 11.5 Å². The SMILES string of the molecule is O=C(Cc1cccs1)NCc1c2c(cc3c1OCC3)OCC2. The first-order valence-electron chi connectivity index (χ1n) is 7.53. The fourth-order valence-electron chi connectivity index (χ4n) is 3.09. The Bertz CT molecular complexity index is 677. The van der Waals surface area contributed by atoms with Crippen LogP contribution in [0.2, 0.25) is 0 Å². The summed E-state index contributed by atoms with van der Waals surface area (Å²) in [7, 11) is 0. The van der Waals surface area contributed by atoms with E-state index in [2.05, 4.69) is 11.4 Å². The van der Waals surface area contributed by atoms with Crippen molar-refractivity contribution in [2.75, 3.05) is 13.2 Å². The molecule has 2 aromatic rings. The maximum atomic E-state index is 12.1. The lowest BCUT2D eigenvalue weighted by Crippen LogP contribution is -2.25. The molecule has 4 rings (SSSR count). The Morgan fingerprint density at radius 3 is 3.05 bits per heavy atom. The number of thiophene rings is 1. The van der Waals surface area contributed by atoms with Gasteiger partial charge in [-0.15, -0.1) is 11.3 Å². The number of carbonyl (C=O) groups is 1. The van der Waals surface area contributed by atoms with Gasteiger partial charge in [-0.2, -0.15) is 0 Å². The van der Waals surface area contributed by atoms with Gasteiger partial charge in [-0.05, 0) is 17.5 Å². The number of hydrogen-bond donors (Lipinski definition) is 1. The van der Waals surface area contributed by atoms with Gasteiger partial charge in [0.1, 0.15) is 11.5 Å². The number of hydrogen-bond acceptors (Lipinski definition) is 4. The number of fused-ring (bicyclic) bond motifs is 2. The highest BCUT2D eigenvalue weighted by Crippen LogP contribution is 2.40. The van der Waals surface area contributed by atoms with Gasteiger partial charge in [0, 0.05) is 41.0 Å². The maximum absolute atomic E-state index is 12.1. The van der Waals surface area contributed by atoms with E-state index >= 15 is 0 Å². The van der Waals surface area contributed by atoms with Crippen LogP contribution >= 0.6 is 11.3 Å². The molecule has 1 amide bonds. The third kappa shape index (κ3) is 2.46. The summed E-state index contributed by atoms with van der Waals surface area (Å²) in [5.74, 6) is 1.97. The van der Waals surface area contributed by atoms with Crippen LogP contribution in [0.25, 0.3) is 0 Å². The number of rotatable bonds is 4. The average Bonchev–Trinajstić information content (AvgIpc) is 3.23. The molecule has 1 N–H and O–H groups in total. The molecule has 0 radical (unpaired) electrons. The van der Waals surface area contributed by atoms with Crippen molar-refractivity contribution in [1.29, 1.82) is 0 Å². The second-order valence-corrected chi connectivity index (χ2v) is 6.58. The average molecular weight is 315 g/mol.